The first-order chi connectivity index (χ1) is 12.3. The Bertz CT molecular complexity index is 990. The molecule has 0 aliphatic heterocycles. The molecule has 0 aliphatic carbocycles. The summed E-state index contributed by atoms with van der Waals surface area (Å²) in [5, 5.41) is 15.2. The quantitative estimate of drug-likeness (QED) is 0.602. The van der Waals surface area contributed by atoms with Gasteiger partial charge in [-0.1, -0.05) is 18.2 Å². The molecule has 0 amide bonds. The van der Waals surface area contributed by atoms with Gasteiger partial charge in [-0.15, -0.1) is 0 Å². The normalized spacial score (nSPS) is 12.0. The number of phenolic OH excluding ortho intramolecular Hbond substituents is 1. The first-order valence-electron chi connectivity index (χ1n) is 8.03. The summed E-state index contributed by atoms with van der Waals surface area (Å²) in [6, 6.07) is 17.1. The van der Waals surface area contributed by atoms with E-state index in [1.54, 1.807) is 18.6 Å². The molecule has 0 saturated heterocycles. The Morgan fingerprint density at radius 2 is 1.80 bits per heavy atom. The maximum Gasteiger partial charge on any atom is 0.272 e. The lowest BCUT2D eigenvalue weighted by molar-refractivity contribution is -0.361. The molecule has 4 aromatic rings. The highest BCUT2D eigenvalue weighted by Crippen LogP contribution is 2.35. The summed E-state index contributed by atoms with van der Waals surface area (Å²) < 4.78 is 0. The third-order valence-corrected chi connectivity index (χ3v) is 4.14. The summed E-state index contributed by atoms with van der Waals surface area (Å²) in [7, 11) is 0. The van der Waals surface area contributed by atoms with Crippen LogP contribution in [0.4, 0.5) is 5.82 Å². The van der Waals surface area contributed by atoms with Crippen LogP contribution >= 0.6 is 0 Å². The molecule has 122 valence electrons. The Balaban J connectivity index is 1.85. The van der Waals surface area contributed by atoms with E-state index in [-0.39, 0.29) is 11.8 Å². The fourth-order valence-corrected chi connectivity index (χ4v) is 2.91. The number of aromatic amines is 1. The van der Waals surface area contributed by atoms with E-state index in [0.29, 0.717) is 5.52 Å². The van der Waals surface area contributed by atoms with E-state index >= 15 is 0 Å². The van der Waals surface area contributed by atoms with Gasteiger partial charge >= 0.3 is 0 Å². The fraction of sp³-hybridized carbons (Fsp3) is 0.0500. The number of anilines is 1. The smallest absolute Gasteiger partial charge is 0.272 e. The van der Waals surface area contributed by atoms with Crippen LogP contribution in [-0.4, -0.2) is 15.1 Å². The number of H-pyrrole nitrogens is 1. The Kier molecular flexibility index (Phi) is 3.96. The third-order valence-electron chi connectivity index (χ3n) is 4.14. The zero-order valence-electron chi connectivity index (χ0n) is 13.4. The van der Waals surface area contributed by atoms with Gasteiger partial charge < -0.3 is 5.11 Å². The van der Waals surface area contributed by atoms with Crippen molar-refractivity contribution in [2.45, 2.75) is 6.04 Å². The predicted molar refractivity (Wildman–Crippen MR) is 96.1 cm³/mol. The first kappa shape index (κ1) is 15.1. The summed E-state index contributed by atoms with van der Waals surface area (Å²) in [6.45, 7) is 0. The molecule has 0 unspecified atom stereocenters. The van der Waals surface area contributed by atoms with E-state index in [2.05, 4.69) is 20.3 Å². The number of hydrogen-bond donors (Lipinski definition) is 2. The van der Waals surface area contributed by atoms with Crippen molar-refractivity contribution in [1.29, 1.82) is 0 Å². The zero-order valence-corrected chi connectivity index (χ0v) is 13.4. The molecular weight excluding hydrogens is 312 g/mol. The first-order valence-corrected chi connectivity index (χ1v) is 8.03. The van der Waals surface area contributed by atoms with E-state index in [1.165, 1.54) is 0 Å². The van der Waals surface area contributed by atoms with E-state index in [0.717, 1.165) is 22.3 Å². The van der Waals surface area contributed by atoms with Crippen molar-refractivity contribution >= 4 is 16.7 Å². The minimum Gasteiger partial charge on any atom is -0.505 e. The van der Waals surface area contributed by atoms with E-state index in [4.69, 9.17) is 0 Å². The molecule has 0 saturated carbocycles. The SMILES string of the molecule is Oc1c([C@@H](Nc2cccc[nH+]2)c2ccncc2)ccc2cccnc12. The molecule has 0 bridgehead atoms. The van der Waals surface area contributed by atoms with Crippen molar-refractivity contribution in [1.82, 2.24) is 9.97 Å². The molecule has 0 radical (unpaired) electrons. The molecule has 5 heteroatoms. The van der Waals surface area contributed by atoms with Gasteiger partial charge in [0.15, 0.2) is 0 Å². The van der Waals surface area contributed by atoms with Crippen molar-refractivity contribution in [3.8, 4) is 5.75 Å². The number of rotatable bonds is 4. The predicted octanol–water partition coefficient (Wildman–Crippen LogP) is 3.35. The Hall–Kier alpha value is -3.47. The van der Waals surface area contributed by atoms with Crippen molar-refractivity contribution in [3.05, 3.63) is 90.5 Å². The Morgan fingerprint density at radius 3 is 2.60 bits per heavy atom. The molecule has 1 atom stereocenters. The lowest BCUT2D eigenvalue weighted by Crippen LogP contribution is -2.18. The summed E-state index contributed by atoms with van der Waals surface area (Å²) in [4.78, 5) is 11.6. The molecule has 4 rings (SSSR count). The number of pyridine rings is 3. The van der Waals surface area contributed by atoms with Crippen molar-refractivity contribution in [2.75, 3.05) is 5.32 Å². The van der Waals surface area contributed by atoms with Gasteiger partial charge in [0.05, 0.1) is 6.20 Å². The van der Waals surface area contributed by atoms with Crippen LogP contribution in [0.5, 0.6) is 5.75 Å². The van der Waals surface area contributed by atoms with Crippen molar-refractivity contribution in [2.24, 2.45) is 0 Å². The number of fused-ring (bicyclic) bond motifs is 1. The number of benzene rings is 1. The molecule has 0 spiro atoms. The molecular formula is C20H17N4O+. The Morgan fingerprint density at radius 1 is 0.920 bits per heavy atom. The molecule has 0 fully saturated rings. The number of aromatic nitrogens is 3. The van der Waals surface area contributed by atoms with Gasteiger partial charge in [0.1, 0.15) is 17.3 Å². The van der Waals surface area contributed by atoms with Crippen LogP contribution in [-0.2, 0) is 0 Å². The van der Waals surface area contributed by atoms with E-state index in [1.807, 2.05) is 60.8 Å². The van der Waals surface area contributed by atoms with Gasteiger partial charge in [0.2, 0.25) is 0 Å². The van der Waals surface area contributed by atoms with Crippen LogP contribution in [0.15, 0.2) is 79.4 Å². The highest BCUT2D eigenvalue weighted by Gasteiger charge is 2.24. The van der Waals surface area contributed by atoms with Crippen LogP contribution < -0.4 is 10.3 Å². The average Bonchev–Trinajstić information content (AvgIpc) is 2.69. The minimum atomic E-state index is -0.243. The van der Waals surface area contributed by atoms with Gasteiger partial charge in [-0.25, -0.2) is 4.98 Å². The van der Waals surface area contributed by atoms with Gasteiger partial charge in [0.25, 0.3) is 5.82 Å². The van der Waals surface area contributed by atoms with Gasteiger partial charge in [-0.05, 0) is 30.3 Å². The third kappa shape index (κ3) is 2.99. The number of hydrogen-bond acceptors (Lipinski definition) is 4. The summed E-state index contributed by atoms with van der Waals surface area (Å²) in [6.07, 6.45) is 7.03. The Labute approximate surface area is 145 Å². The monoisotopic (exact) mass is 329 g/mol. The second-order valence-corrected chi connectivity index (χ2v) is 5.71. The van der Waals surface area contributed by atoms with Crippen molar-refractivity contribution < 1.29 is 10.1 Å². The maximum atomic E-state index is 10.8. The molecule has 3 N–H and O–H groups in total. The van der Waals surface area contributed by atoms with Crippen molar-refractivity contribution in [3.63, 3.8) is 0 Å². The second kappa shape index (κ2) is 6.57. The molecule has 3 aromatic heterocycles. The topological polar surface area (TPSA) is 72.2 Å². The van der Waals surface area contributed by atoms with Gasteiger partial charge in [-0.2, -0.15) is 0 Å². The minimum absolute atomic E-state index is 0.184. The van der Waals surface area contributed by atoms with Crippen LogP contribution in [0.3, 0.4) is 0 Å². The van der Waals surface area contributed by atoms with Gasteiger partial charge in [0, 0.05) is 41.2 Å². The van der Waals surface area contributed by atoms with Crippen LogP contribution in [0.2, 0.25) is 0 Å². The number of nitrogens with one attached hydrogen (secondary N) is 2. The summed E-state index contributed by atoms with van der Waals surface area (Å²) in [5.74, 6) is 1.04. The highest BCUT2D eigenvalue weighted by molar-refractivity contribution is 5.85. The molecule has 0 aliphatic rings. The average molecular weight is 329 g/mol. The van der Waals surface area contributed by atoms with Gasteiger partial charge in [-0.3, -0.25) is 15.3 Å². The number of nitrogens with zero attached hydrogens (tertiary/aromatic N) is 2. The lowest BCUT2D eigenvalue weighted by atomic mass is 9.97. The number of aromatic hydroxyl groups is 1. The summed E-state index contributed by atoms with van der Waals surface area (Å²) >= 11 is 0. The fourth-order valence-electron chi connectivity index (χ4n) is 2.91. The maximum absolute atomic E-state index is 10.8. The second-order valence-electron chi connectivity index (χ2n) is 5.71. The lowest BCUT2D eigenvalue weighted by Gasteiger charge is -2.17. The molecule has 3 heterocycles. The highest BCUT2D eigenvalue weighted by atomic mass is 16.3. The standard InChI is InChI=1S/C20H16N4O/c25-20-16(7-6-14-4-3-11-23-19(14)20)18(15-8-12-21-13-9-15)24-17-5-1-2-10-22-17/h1-13,18,25H,(H,22,24)/p+1/t18-/m0/s1. The number of phenols is 1. The van der Waals surface area contributed by atoms with E-state index in [9.17, 15) is 5.11 Å². The molecule has 1 aromatic carbocycles. The zero-order chi connectivity index (χ0) is 17.1. The largest absolute Gasteiger partial charge is 0.505 e. The van der Waals surface area contributed by atoms with Crippen LogP contribution in [0, 0.1) is 0 Å². The molecule has 5 nitrogen and oxygen atoms in total. The molecule has 25 heavy (non-hydrogen) atoms. The van der Waals surface area contributed by atoms with Crippen LogP contribution in [0.25, 0.3) is 10.9 Å². The summed E-state index contributed by atoms with van der Waals surface area (Å²) in [5.41, 5.74) is 2.35. The van der Waals surface area contributed by atoms with Crippen LogP contribution in [0.1, 0.15) is 17.2 Å². The van der Waals surface area contributed by atoms with E-state index < -0.39 is 0 Å².